The highest BCUT2D eigenvalue weighted by Gasteiger charge is 2.54. The Morgan fingerprint density at radius 1 is 1.35 bits per heavy atom. The van der Waals surface area contributed by atoms with Crippen LogP contribution in [0.1, 0.15) is 31.0 Å². The van der Waals surface area contributed by atoms with Crippen LogP contribution in [-0.2, 0) is 28.6 Å². The number of anilines is 1. The van der Waals surface area contributed by atoms with E-state index in [1.54, 1.807) is 36.7 Å². The summed E-state index contributed by atoms with van der Waals surface area (Å²) in [5.41, 5.74) is 6.38. The molecule has 16 heteroatoms. The molecule has 0 radical (unpaired) electrons. The van der Waals surface area contributed by atoms with Crippen LogP contribution in [0.3, 0.4) is 0 Å². The van der Waals surface area contributed by atoms with Gasteiger partial charge in [0, 0.05) is 30.5 Å². The third kappa shape index (κ3) is 7.58. The van der Waals surface area contributed by atoms with Gasteiger partial charge in [0.1, 0.15) is 22.8 Å². The topological polar surface area (TPSA) is 196 Å². The maximum absolute atomic E-state index is 13.4. The number of amides is 2. The number of thiazole rings is 1. The molecule has 1 saturated heterocycles. The van der Waals surface area contributed by atoms with E-state index in [1.165, 1.54) is 29.0 Å². The fourth-order valence-electron chi connectivity index (χ4n) is 4.03. The molecule has 226 valence electrons. The lowest BCUT2D eigenvalue weighted by Crippen LogP contribution is -2.71. The molecular formula is C27H28N6O8S2. The SMILES string of the molecule is C=CCCCOC(=O)OC(C)OC(=O)C1=C(/C=C\c2cccnc2)CS[C@@H]2[C@H](NC(=O)C(=NO)c3csc(N)n3)C(=O)N12. The highest BCUT2D eigenvalue weighted by molar-refractivity contribution is 8.00. The number of unbranched alkanes of at least 4 members (excludes halogenated alkanes) is 1. The van der Waals surface area contributed by atoms with Crippen LogP contribution < -0.4 is 11.1 Å². The van der Waals surface area contributed by atoms with Crippen LogP contribution in [0.25, 0.3) is 6.08 Å². The molecular weight excluding hydrogens is 600 g/mol. The molecule has 2 aliphatic heterocycles. The number of rotatable bonds is 12. The van der Waals surface area contributed by atoms with Crippen LogP contribution >= 0.6 is 23.1 Å². The maximum atomic E-state index is 13.4. The number of carbonyl (C=O) groups excluding carboxylic acids is 4. The van der Waals surface area contributed by atoms with E-state index in [0.29, 0.717) is 18.4 Å². The van der Waals surface area contributed by atoms with E-state index in [1.807, 2.05) is 6.07 Å². The minimum Gasteiger partial charge on any atom is -0.434 e. The number of nitrogen functional groups attached to an aromatic ring is 1. The Bertz CT molecular complexity index is 1470. The Kier molecular flexibility index (Phi) is 10.5. The summed E-state index contributed by atoms with van der Waals surface area (Å²) >= 11 is 2.35. The second-order valence-corrected chi connectivity index (χ2v) is 11.0. The Hall–Kier alpha value is -4.70. The zero-order chi connectivity index (χ0) is 30.9. The Morgan fingerprint density at radius 3 is 2.84 bits per heavy atom. The number of nitrogens with zero attached hydrogens (tertiary/aromatic N) is 4. The number of oxime groups is 1. The first-order valence-corrected chi connectivity index (χ1v) is 14.8. The molecule has 0 bridgehead atoms. The number of carbonyl (C=O) groups is 4. The van der Waals surface area contributed by atoms with Gasteiger partial charge in [-0.3, -0.25) is 19.5 Å². The number of nitrogens with one attached hydrogen (secondary N) is 1. The molecule has 4 heterocycles. The van der Waals surface area contributed by atoms with Crippen LogP contribution in [0.15, 0.2) is 65.1 Å². The summed E-state index contributed by atoms with van der Waals surface area (Å²) in [4.78, 5) is 60.7. The number of aromatic nitrogens is 2. The predicted molar refractivity (Wildman–Crippen MR) is 158 cm³/mol. The molecule has 2 aromatic rings. The van der Waals surface area contributed by atoms with Crippen LogP contribution in [0.2, 0.25) is 0 Å². The zero-order valence-corrected chi connectivity index (χ0v) is 24.5. The first kappa shape index (κ1) is 31.2. The van der Waals surface area contributed by atoms with E-state index in [9.17, 15) is 24.4 Å². The van der Waals surface area contributed by atoms with Crippen molar-refractivity contribution in [3.63, 3.8) is 0 Å². The van der Waals surface area contributed by atoms with Gasteiger partial charge in [-0.05, 0) is 30.0 Å². The van der Waals surface area contributed by atoms with E-state index in [4.69, 9.17) is 19.9 Å². The molecule has 0 aliphatic carbocycles. The van der Waals surface area contributed by atoms with Crippen molar-refractivity contribution in [1.82, 2.24) is 20.2 Å². The molecule has 2 aromatic heterocycles. The van der Waals surface area contributed by atoms with Gasteiger partial charge >= 0.3 is 12.1 Å². The van der Waals surface area contributed by atoms with Crippen LogP contribution in [0.5, 0.6) is 0 Å². The number of hydrogen-bond donors (Lipinski definition) is 3. The summed E-state index contributed by atoms with van der Waals surface area (Å²) in [5, 5.41) is 15.9. The van der Waals surface area contributed by atoms with E-state index in [0.717, 1.165) is 16.9 Å². The fourth-order valence-corrected chi connectivity index (χ4v) is 5.90. The van der Waals surface area contributed by atoms with E-state index >= 15 is 0 Å². The molecule has 0 aromatic carbocycles. The first-order chi connectivity index (χ1) is 20.7. The molecule has 2 aliphatic rings. The van der Waals surface area contributed by atoms with Gasteiger partial charge in [-0.15, -0.1) is 29.7 Å². The highest BCUT2D eigenvalue weighted by atomic mass is 32.2. The van der Waals surface area contributed by atoms with Crippen LogP contribution in [0, 0.1) is 0 Å². The van der Waals surface area contributed by atoms with Crippen LogP contribution in [0.4, 0.5) is 9.93 Å². The van der Waals surface area contributed by atoms with Crippen molar-refractivity contribution in [3.8, 4) is 0 Å². The summed E-state index contributed by atoms with van der Waals surface area (Å²) in [6.45, 7) is 5.03. The van der Waals surface area contributed by atoms with Crippen molar-refractivity contribution in [1.29, 1.82) is 0 Å². The number of esters is 1. The molecule has 3 atom stereocenters. The lowest BCUT2D eigenvalue weighted by Gasteiger charge is -2.49. The largest absolute Gasteiger partial charge is 0.511 e. The molecule has 1 fully saturated rings. The van der Waals surface area contributed by atoms with Gasteiger partial charge < -0.3 is 30.5 Å². The number of fused-ring (bicyclic) bond motifs is 1. The quantitative estimate of drug-likeness (QED) is 0.0455. The number of allylic oxidation sites excluding steroid dienone is 2. The monoisotopic (exact) mass is 628 g/mol. The summed E-state index contributed by atoms with van der Waals surface area (Å²) in [7, 11) is 0. The van der Waals surface area contributed by atoms with Gasteiger partial charge in [-0.25, -0.2) is 14.6 Å². The van der Waals surface area contributed by atoms with E-state index < -0.39 is 47.4 Å². The predicted octanol–water partition coefficient (Wildman–Crippen LogP) is 2.67. The zero-order valence-electron chi connectivity index (χ0n) is 22.9. The van der Waals surface area contributed by atoms with Gasteiger partial charge in [0.2, 0.25) is 6.29 Å². The molecule has 1 unspecified atom stereocenters. The maximum Gasteiger partial charge on any atom is 0.511 e. The Balaban J connectivity index is 1.50. The second-order valence-electron chi connectivity index (χ2n) is 8.99. The summed E-state index contributed by atoms with van der Waals surface area (Å²) in [6, 6.07) is 2.52. The molecule has 0 spiro atoms. The molecule has 43 heavy (non-hydrogen) atoms. The third-order valence-corrected chi connectivity index (χ3v) is 8.00. The Labute approximate surface area is 254 Å². The number of pyridine rings is 1. The van der Waals surface area contributed by atoms with Gasteiger partial charge in [0.15, 0.2) is 10.8 Å². The number of ether oxygens (including phenoxy) is 3. The average molecular weight is 629 g/mol. The molecule has 4 rings (SSSR count). The summed E-state index contributed by atoms with van der Waals surface area (Å²) in [6.07, 6.45) is 7.19. The second kappa shape index (κ2) is 14.5. The van der Waals surface area contributed by atoms with Crippen molar-refractivity contribution in [2.75, 3.05) is 18.1 Å². The smallest absolute Gasteiger partial charge is 0.434 e. The average Bonchev–Trinajstić information content (AvgIpc) is 3.42. The molecule has 4 N–H and O–H groups in total. The normalized spacial score (nSPS) is 18.9. The highest BCUT2D eigenvalue weighted by Crippen LogP contribution is 2.41. The number of thioether (sulfide) groups is 1. The Morgan fingerprint density at radius 2 is 2.16 bits per heavy atom. The van der Waals surface area contributed by atoms with Crippen molar-refractivity contribution in [3.05, 3.63) is 71.2 Å². The lowest BCUT2D eigenvalue weighted by molar-refractivity contribution is -0.169. The van der Waals surface area contributed by atoms with Crippen LogP contribution in [-0.4, -0.2) is 79.8 Å². The minimum absolute atomic E-state index is 0.0441. The van der Waals surface area contributed by atoms with E-state index in [-0.39, 0.29) is 28.9 Å². The van der Waals surface area contributed by atoms with E-state index in [2.05, 4.69) is 27.0 Å². The molecule has 2 amide bonds. The van der Waals surface area contributed by atoms with Crippen molar-refractivity contribution < 1.29 is 38.6 Å². The fraction of sp³-hybridized carbons (Fsp3) is 0.296. The van der Waals surface area contributed by atoms with Crippen molar-refractivity contribution in [2.45, 2.75) is 37.5 Å². The molecule has 14 nitrogen and oxygen atoms in total. The minimum atomic E-state index is -1.33. The standard InChI is InChI=1S/C27H28N6O8S2/c1-3-4-5-11-39-27(37)41-15(2)40-25(36)21-17(9-8-16-7-6-10-29-12-16)13-42-24-20(23(35)33(21)24)31-22(34)19(32-38)18-14-43-26(28)30-18/h3,6-10,12,14-15,20,24,38H,1,4-5,11,13H2,2H3,(H2,28,30)(H,31,34)/b9-8-,32-19?/t15?,20-,24-/m1/s1. The third-order valence-electron chi connectivity index (χ3n) is 6.03. The lowest BCUT2D eigenvalue weighted by atomic mass is 10.0. The number of β-lactam (4-membered cyclic amide) rings is 1. The van der Waals surface area contributed by atoms with Crippen molar-refractivity contribution >= 4 is 64.0 Å². The van der Waals surface area contributed by atoms with Gasteiger partial charge in [0.05, 0.1) is 6.61 Å². The summed E-state index contributed by atoms with van der Waals surface area (Å²) in [5.74, 6) is -2.10. The summed E-state index contributed by atoms with van der Waals surface area (Å²) < 4.78 is 15.3. The molecule has 0 saturated carbocycles. The van der Waals surface area contributed by atoms with Gasteiger partial charge in [-0.1, -0.05) is 29.5 Å². The van der Waals surface area contributed by atoms with Gasteiger partial charge in [0.25, 0.3) is 11.8 Å². The van der Waals surface area contributed by atoms with Crippen molar-refractivity contribution in [2.24, 2.45) is 5.16 Å². The number of hydrogen-bond acceptors (Lipinski definition) is 14. The van der Waals surface area contributed by atoms with Gasteiger partial charge in [-0.2, -0.15) is 0 Å². The number of nitrogens with two attached hydrogens (primary N) is 1. The first-order valence-electron chi connectivity index (χ1n) is 12.9.